The third-order valence-corrected chi connectivity index (χ3v) is 5.15. The molecule has 0 radical (unpaired) electrons. The Morgan fingerprint density at radius 1 is 1.41 bits per heavy atom. The van der Waals surface area contributed by atoms with Crippen molar-refractivity contribution in [3.63, 3.8) is 0 Å². The molecule has 1 heterocycles. The molecule has 1 aliphatic carbocycles. The largest absolute Gasteiger partial charge is 0.366 e. The summed E-state index contributed by atoms with van der Waals surface area (Å²) in [6.07, 6.45) is 6.54. The Kier molecular flexibility index (Phi) is 3.56. The van der Waals surface area contributed by atoms with Gasteiger partial charge < -0.3 is 10.6 Å². The number of allylic oxidation sites excluding steroid dienone is 2. The average Bonchev–Trinajstić information content (AvgIpc) is 2.69. The first kappa shape index (κ1) is 15.2. The van der Waals surface area contributed by atoms with E-state index in [-0.39, 0.29) is 5.41 Å². The quantitative estimate of drug-likeness (QED) is 0.666. The van der Waals surface area contributed by atoms with E-state index in [1.165, 1.54) is 11.1 Å². The van der Waals surface area contributed by atoms with Gasteiger partial charge in [0, 0.05) is 11.9 Å². The van der Waals surface area contributed by atoms with Crippen LogP contribution in [0, 0.1) is 0 Å². The molecule has 2 aliphatic rings. The summed E-state index contributed by atoms with van der Waals surface area (Å²) in [5.74, 6) is -0.0169. The van der Waals surface area contributed by atoms with Crippen molar-refractivity contribution in [2.24, 2.45) is 5.73 Å². The van der Waals surface area contributed by atoms with Gasteiger partial charge in [0.25, 0.3) is 0 Å². The summed E-state index contributed by atoms with van der Waals surface area (Å²) in [5.41, 5.74) is 9.21. The van der Waals surface area contributed by atoms with Crippen molar-refractivity contribution in [2.75, 3.05) is 4.90 Å². The number of nitrogens with zero attached hydrogens (tertiary/aromatic N) is 1. The second-order valence-electron chi connectivity index (χ2n) is 6.80. The predicted molar refractivity (Wildman–Crippen MR) is 91.0 cm³/mol. The molecule has 0 saturated carbocycles. The molecule has 0 saturated heterocycles. The zero-order chi connectivity index (χ0) is 16.1. The lowest BCUT2D eigenvalue weighted by Crippen LogP contribution is -2.35. The molecule has 0 bridgehead atoms. The minimum atomic E-state index is -0.565. The van der Waals surface area contributed by atoms with E-state index in [0.29, 0.717) is 11.5 Å². The predicted octanol–water partition coefficient (Wildman–Crippen LogP) is 3.78. The zero-order valence-electron chi connectivity index (χ0n) is 13.1. The number of primary amides is 1. The first-order chi connectivity index (χ1) is 10.3. The number of carbonyl (C=O) groups excluding carboxylic acids is 1. The molecular formula is C18H21ClN2O. The van der Waals surface area contributed by atoms with Crippen LogP contribution in [0.1, 0.15) is 44.2 Å². The summed E-state index contributed by atoms with van der Waals surface area (Å²) < 4.78 is 0. The fourth-order valence-electron chi connectivity index (χ4n) is 3.81. The number of fused-ring (bicyclic) bond motifs is 1. The Hall–Kier alpha value is -1.74. The molecule has 0 spiro atoms. The second kappa shape index (κ2) is 5.17. The second-order valence-corrected chi connectivity index (χ2v) is 7.21. The van der Waals surface area contributed by atoms with Crippen LogP contribution in [0.3, 0.4) is 0 Å². The highest BCUT2D eigenvalue weighted by atomic mass is 35.5. The van der Waals surface area contributed by atoms with Crippen molar-refractivity contribution >= 4 is 23.2 Å². The fourth-order valence-corrected chi connectivity index (χ4v) is 4.16. The number of carbonyl (C=O) groups is 1. The van der Waals surface area contributed by atoms with Gasteiger partial charge in [0.15, 0.2) is 0 Å². The van der Waals surface area contributed by atoms with Crippen molar-refractivity contribution in [3.05, 3.63) is 53.3 Å². The highest BCUT2D eigenvalue weighted by molar-refractivity contribution is 6.27. The maximum absolute atomic E-state index is 11.6. The van der Waals surface area contributed by atoms with Gasteiger partial charge in [-0.15, -0.1) is 0 Å². The number of hydrogen-bond acceptors (Lipinski definition) is 2. The third-order valence-electron chi connectivity index (χ3n) is 4.71. The summed E-state index contributed by atoms with van der Waals surface area (Å²) in [6.45, 7) is 6.80. The lowest BCUT2D eigenvalue weighted by Gasteiger charge is -2.31. The van der Waals surface area contributed by atoms with Gasteiger partial charge >= 0.3 is 0 Å². The average molecular weight is 317 g/mol. The molecule has 4 heteroatoms. The standard InChI is InChI=1S/C18H21ClN2O/c1-11-10-18(2,3)13-7-4-8-14(15(11)13)21-9-5-6-12(16(21)19)17(20)22/h4-9,11,16H,10H2,1-3H3,(H2,20,22). The Balaban J connectivity index is 2.09. The fraction of sp³-hybridized carbons (Fsp3) is 0.389. The summed E-state index contributed by atoms with van der Waals surface area (Å²) in [6, 6.07) is 6.33. The van der Waals surface area contributed by atoms with Crippen LogP contribution in [-0.2, 0) is 10.2 Å². The van der Waals surface area contributed by atoms with Crippen molar-refractivity contribution in [2.45, 2.75) is 44.0 Å². The monoisotopic (exact) mass is 316 g/mol. The molecule has 2 N–H and O–H groups in total. The highest BCUT2D eigenvalue weighted by Gasteiger charge is 2.38. The number of halogens is 1. The van der Waals surface area contributed by atoms with Gasteiger partial charge in [0.05, 0.1) is 5.57 Å². The molecule has 1 amide bonds. The van der Waals surface area contributed by atoms with Gasteiger partial charge in [0.2, 0.25) is 5.91 Å². The van der Waals surface area contributed by atoms with Gasteiger partial charge in [-0.1, -0.05) is 44.5 Å². The van der Waals surface area contributed by atoms with Crippen molar-refractivity contribution in [3.8, 4) is 0 Å². The molecular weight excluding hydrogens is 296 g/mol. The van der Waals surface area contributed by atoms with Crippen LogP contribution in [0.5, 0.6) is 0 Å². The summed E-state index contributed by atoms with van der Waals surface area (Å²) >= 11 is 6.50. The van der Waals surface area contributed by atoms with Gasteiger partial charge in [-0.25, -0.2) is 0 Å². The Morgan fingerprint density at radius 3 is 2.82 bits per heavy atom. The smallest absolute Gasteiger partial charge is 0.248 e. The van der Waals surface area contributed by atoms with E-state index < -0.39 is 11.4 Å². The SMILES string of the molecule is CC1CC(C)(C)c2cccc(N3C=CC=C(C(N)=O)C3Cl)c21. The number of benzene rings is 1. The zero-order valence-corrected chi connectivity index (χ0v) is 13.9. The Labute approximate surface area is 136 Å². The topological polar surface area (TPSA) is 46.3 Å². The molecule has 116 valence electrons. The van der Waals surface area contributed by atoms with Gasteiger partial charge in [-0.05, 0) is 47.1 Å². The van der Waals surface area contributed by atoms with Crippen LogP contribution >= 0.6 is 11.6 Å². The normalized spacial score (nSPS) is 25.8. The van der Waals surface area contributed by atoms with E-state index in [1.807, 2.05) is 17.2 Å². The molecule has 0 fully saturated rings. The lowest BCUT2D eigenvalue weighted by molar-refractivity contribution is -0.114. The van der Waals surface area contributed by atoms with Crippen LogP contribution < -0.4 is 10.6 Å². The van der Waals surface area contributed by atoms with Crippen LogP contribution in [0.15, 0.2) is 42.1 Å². The number of nitrogens with two attached hydrogens (primary N) is 1. The molecule has 22 heavy (non-hydrogen) atoms. The molecule has 1 aromatic carbocycles. The minimum Gasteiger partial charge on any atom is -0.366 e. The van der Waals surface area contributed by atoms with E-state index >= 15 is 0 Å². The molecule has 1 aromatic rings. The molecule has 2 unspecified atom stereocenters. The van der Waals surface area contributed by atoms with Crippen LogP contribution in [0.25, 0.3) is 0 Å². The highest BCUT2D eigenvalue weighted by Crippen LogP contribution is 2.50. The first-order valence-corrected chi connectivity index (χ1v) is 8.00. The lowest BCUT2D eigenvalue weighted by atomic mass is 9.86. The van der Waals surface area contributed by atoms with Crippen LogP contribution in [-0.4, -0.2) is 11.4 Å². The number of rotatable bonds is 2. The maximum Gasteiger partial charge on any atom is 0.248 e. The van der Waals surface area contributed by atoms with E-state index in [1.54, 1.807) is 6.08 Å². The van der Waals surface area contributed by atoms with Crippen molar-refractivity contribution < 1.29 is 4.79 Å². The van der Waals surface area contributed by atoms with E-state index in [4.69, 9.17) is 17.3 Å². The molecule has 1 aliphatic heterocycles. The summed E-state index contributed by atoms with van der Waals surface area (Å²) in [7, 11) is 0. The number of amides is 1. The third kappa shape index (κ3) is 2.24. The van der Waals surface area contributed by atoms with Gasteiger partial charge in [-0.2, -0.15) is 0 Å². The minimum absolute atomic E-state index is 0.161. The molecule has 3 nitrogen and oxygen atoms in total. The van der Waals surface area contributed by atoms with E-state index in [0.717, 1.165) is 12.1 Å². The summed E-state index contributed by atoms with van der Waals surface area (Å²) in [4.78, 5) is 13.5. The number of hydrogen-bond donors (Lipinski definition) is 1. The molecule has 2 atom stereocenters. The summed E-state index contributed by atoms with van der Waals surface area (Å²) in [5, 5.41) is 0. The van der Waals surface area contributed by atoms with E-state index in [2.05, 4.69) is 39.0 Å². The Morgan fingerprint density at radius 2 is 2.14 bits per heavy atom. The number of anilines is 1. The van der Waals surface area contributed by atoms with Gasteiger partial charge in [-0.3, -0.25) is 4.79 Å². The van der Waals surface area contributed by atoms with Gasteiger partial charge in [0.1, 0.15) is 5.50 Å². The first-order valence-electron chi connectivity index (χ1n) is 7.57. The van der Waals surface area contributed by atoms with Crippen molar-refractivity contribution in [1.29, 1.82) is 0 Å². The number of alkyl halides is 1. The Bertz CT molecular complexity index is 690. The van der Waals surface area contributed by atoms with Crippen molar-refractivity contribution in [1.82, 2.24) is 0 Å². The van der Waals surface area contributed by atoms with E-state index in [9.17, 15) is 4.79 Å². The van der Waals surface area contributed by atoms with Crippen LogP contribution in [0.4, 0.5) is 5.69 Å². The molecule has 3 rings (SSSR count). The molecule has 0 aromatic heterocycles. The maximum atomic E-state index is 11.6. The van der Waals surface area contributed by atoms with Crippen LogP contribution in [0.2, 0.25) is 0 Å².